The lowest BCUT2D eigenvalue weighted by Gasteiger charge is -2.27. The molecule has 0 bridgehead atoms. The lowest BCUT2D eigenvalue weighted by atomic mass is 10.0. The SMILES string of the molecule is COc1ccc(CN(C)C(=O)[C@H](NC(=O)c2cccc(C)c2)C(C)C)cc1. The van der Waals surface area contributed by atoms with Crippen LogP contribution >= 0.6 is 0 Å². The highest BCUT2D eigenvalue weighted by Crippen LogP contribution is 2.14. The topological polar surface area (TPSA) is 58.6 Å². The number of nitrogens with zero attached hydrogens (tertiary/aromatic N) is 1. The van der Waals surface area contributed by atoms with Crippen LogP contribution in [0, 0.1) is 12.8 Å². The first-order valence-electron chi connectivity index (χ1n) is 9.07. The number of rotatable bonds is 7. The highest BCUT2D eigenvalue weighted by Gasteiger charge is 2.27. The number of amides is 2. The Bertz CT molecular complexity index is 784. The van der Waals surface area contributed by atoms with Crippen molar-refractivity contribution in [3.63, 3.8) is 0 Å². The molecule has 0 unspecified atom stereocenters. The second-order valence-electron chi connectivity index (χ2n) is 7.11. The summed E-state index contributed by atoms with van der Waals surface area (Å²) in [7, 11) is 3.37. The molecule has 0 aliphatic rings. The first-order valence-corrected chi connectivity index (χ1v) is 9.07. The maximum atomic E-state index is 12.9. The summed E-state index contributed by atoms with van der Waals surface area (Å²) in [6.07, 6.45) is 0. The molecule has 0 aliphatic heterocycles. The van der Waals surface area contributed by atoms with E-state index in [-0.39, 0.29) is 17.7 Å². The standard InChI is InChI=1S/C22H28N2O3/c1-15(2)20(23-21(25)18-8-6-7-16(3)13-18)22(26)24(4)14-17-9-11-19(27-5)12-10-17/h6-13,15,20H,14H2,1-5H3,(H,23,25)/t20-/m1/s1. The van der Waals surface area contributed by atoms with Crippen molar-refractivity contribution < 1.29 is 14.3 Å². The number of carbonyl (C=O) groups is 2. The van der Waals surface area contributed by atoms with E-state index in [4.69, 9.17) is 4.74 Å². The van der Waals surface area contributed by atoms with Gasteiger partial charge in [-0.1, -0.05) is 43.7 Å². The minimum atomic E-state index is -0.582. The predicted molar refractivity (Wildman–Crippen MR) is 107 cm³/mol. The molecule has 0 fully saturated rings. The summed E-state index contributed by atoms with van der Waals surface area (Å²) in [5.74, 6) is 0.410. The van der Waals surface area contributed by atoms with E-state index in [1.807, 2.05) is 63.2 Å². The van der Waals surface area contributed by atoms with E-state index >= 15 is 0 Å². The minimum absolute atomic E-state index is 0.0235. The van der Waals surface area contributed by atoms with E-state index in [2.05, 4.69) is 5.32 Å². The van der Waals surface area contributed by atoms with Gasteiger partial charge < -0.3 is 15.0 Å². The molecular formula is C22H28N2O3. The fraction of sp³-hybridized carbons (Fsp3) is 0.364. The number of methoxy groups -OCH3 is 1. The van der Waals surface area contributed by atoms with Crippen LogP contribution in [0.3, 0.4) is 0 Å². The number of ether oxygens (including phenoxy) is 1. The zero-order chi connectivity index (χ0) is 20.0. The van der Waals surface area contributed by atoms with Crippen LogP contribution in [-0.4, -0.2) is 36.9 Å². The van der Waals surface area contributed by atoms with Crippen molar-refractivity contribution in [2.75, 3.05) is 14.2 Å². The van der Waals surface area contributed by atoms with Gasteiger partial charge in [-0.05, 0) is 42.7 Å². The average Bonchev–Trinajstić information content (AvgIpc) is 2.65. The lowest BCUT2D eigenvalue weighted by Crippen LogP contribution is -2.50. The Kier molecular flexibility index (Phi) is 6.99. The highest BCUT2D eigenvalue weighted by atomic mass is 16.5. The van der Waals surface area contributed by atoms with Crippen molar-refractivity contribution in [2.45, 2.75) is 33.4 Å². The number of aryl methyl sites for hydroxylation is 1. The second-order valence-corrected chi connectivity index (χ2v) is 7.11. The highest BCUT2D eigenvalue weighted by molar-refractivity contribution is 5.97. The third-order valence-corrected chi connectivity index (χ3v) is 4.45. The zero-order valence-corrected chi connectivity index (χ0v) is 16.7. The summed E-state index contributed by atoms with van der Waals surface area (Å²) in [6, 6.07) is 14.4. The Morgan fingerprint density at radius 2 is 1.78 bits per heavy atom. The molecule has 144 valence electrons. The fourth-order valence-corrected chi connectivity index (χ4v) is 2.84. The number of hydrogen-bond donors (Lipinski definition) is 1. The van der Waals surface area contributed by atoms with Gasteiger partial charge in [0.2, 0.25) is 5.91 Å². The number of likely N-dealkylation sites (N-methyl/N-ethyl adjacent to an activating group) is 1. The van der Waals surface area contributed by atoms with Crippen LogP contribution in [0.5, 0.6) is 5.75 Å². The first-order chi connectivity index (χ1) is 12.8. The monoisotopic (exact) mass is 368 g/mol. The van der Waals surface area contributed by atoms with E-state index in [9.17, 15) is 9.59 Å². The maximum absolute atomic E-state index is 12.9. The van der Waals surface area contributed by atoms with E-state index in [1.54, 1.807) is 25.1 Å². The molecule has 2 amide bonds. The van der Waals surface area contributed by atoms with Crippen molar-refractivity contribution >= 4 is 11.8 Å². The molecule has 0 spiro atoms. The Balaban J connectivity index is 2.07. The number of nitrogens with one attached hydrogen (secondary N) is 1. The van der Waals surface area contributed by atoms with Gasteiger partial charge in [-0.2, -0.15) is 0 Å². The predicted octanol–water partition coefficient (Wildman–Crippen LogP) is 3.42. The summed E-state index contributed by atoms with van der Waals surface area (Å²) in [4.78, 5) is 27.1. The third-order valence-electron chi connectivity index (χ3n) is 4.45. The summed E-state index contributed by atoms with van der Waals surface area (Å²) in [5.41, 5.74) is 2.57. The van der Waals surface area contributed by atoms with Crippen molar-refractivity contribution in [2.24, 2.45) is 5.92 Å². The first kappa shape index (κ1) is 20.5. The zero-order valence-electron chi connectivity index (χ0n) is 16.7. The van der Waals surface area contributed by atoms with Crippen molar-refractivity contribution in [1.82, 2.24) is 10.2 Å². The number of carbonyl (C=O) groups excluding carboxylic acids is 2. The third kappa shape index (κ3) is 5.58. The van der Waals surface area contributed by atoms with E-state index < -0.39 is 6.04 Å². The lowest BCUT2D eigenvalue weighted by molar-refractivity contribution is -0.133. The van der Waals surface area contributed by atoms with Gasteiger partial charge in [0, 0.05) is 19.2 Å². The Morgan fingerprint density at radius 1 is 1.11 bits per heavy atom. The maximum Gasteiger partial charge on any atom is 0.251 e. The molecule has 0 aromatic heterocycles. The van der Waals surface area contributed by atoms with Crippen LogP contribution in [0.25, 0.3) is 0 Å². The van der Waals surface area contributed by atoms with Crippen molar-refractivity contribution in [3.05, 3.63) is 65.2 Å². The van der Waals surface area contributed by atoms with Crippen LogP contribution in [0.15, 0.2) is 48.5 Å². The van der Waals surface area contributed by atoms with E-state index in [0.717, 1.165) is 16.9 Å². The summed E-state index contributed by atoms with van der Waals surface area (Å²) in [6.45, 7) is 6.26. The normalized spacial score (nSPS) is 11.8. The molecule has 0 aliphatic carbocycles. The molecule has 5 heteroatoms. The smallest absolute Gasteiger partial charge is 0.251 e. The largest absolute Gasteiger partial charge is 0.497 e. The quantitative estimate of drug-likeness (QED) is 0.815. The van der Waals surface area contributed by atoms with Crippen molar-refractivity contribution in [3.8, 4) is 5.75 Å². The molecule has 1 atom stereocenters. The number of benzene rings is 2. The van der Waals surface area contributed by atoms with Gasteiger partial charge in [0.25, 0.3) is 5.91 Å². The molecule has 2 aromatic carbocycles. The van der Waals surface area contributed by atoms with Gasteiger partial charge >= 0.3 is 0 Å². The Labute approximate surface area is 161 Å². The van der Waals surface area contributed by atoms with E-state index in [1.165, 1.54) is 0 Å². The van der Waals surface area contributed by atoms with Crippen molar-refractivity contribution in [1.29, 1.82) is 0 Å². The van der Waals surface area contributed by atoms with Gasteiger partial charge in [0.05, 0.1) is 7.11 Å². The molecule has 5 nitrogen and oxygen atoms in total. The second kappa shape index (κ2) is 9.21. The molecule has 0 saturated heterocycles. The Morgan fingerprint density at radius 3 is 2.33 bits per heavy atom. The summed E-state index contributed by atoms with van der Waals surface area (Å²) < 4.78 is 5.16. The molecule has 0 heterocycles. The minimum Gasteiger partial charge on any atom is -0.497 e. The van der Waals surface area contributed by atoms with Crippen LogP contribution in [0.2, 0.25) is 0 Å². The molecule has 0 radical (unpaired) electrons. The molecular weight excluding hydrogens is 340 g/mol. The van der Waals surface area contributed by atoms with Crippen LogP contribution in [0.4, 0.5) is 0 Å². The number of hydrogen-bond acceptors (Lipinski definition) is 3. The van der Waals surface area contributed by atoms with E-state index in [0.29, 0.717) is 12.1 Å². The summed E-state index contributed by atoms with van der Waals surface area (Å²) >= 11 is 0. The molecule has 0 saturated carbocycles. The molecule has 2 rings (SSSR count). The molecule has 27 heavy (non-hydrogen) atoms. The van der Waals surface area contributed by atoms with Crippen LogP contribution in [0.1, 0.15) is 35.3 Å². The summed E-state index contributed by atoms with van der Waals surface area (Å²) in [5, 5.41) is 2.89. The molecule has 2 aromatic rings. The van der Waals surface area contributed by atoms with Gasteiger partial charge in [-0.25, -0.2) is 0 Å². The van der Waals surface area contributed by atoms with Gasteiger partial charge in [-0.15, -0.1) is 0 Å². The molecule has 1 N–H and O–H groups in total. The van der Waals surface area contributed by atoms with Crippen LogP contribution in [-0.2, 0) is 11.3 Å². The van der Waals surface area contributed by atoms with Crippen LogP contribution < -0.4 is 10.1 Å². The van der Waals surface area contributed by atoms with Gasteiger partial charge in [-0.3, -0.25) is 9.59 Å². The van der Waals surface area contributed by atoms with Gasteiger partial charge in [0.1, 0.15) is 11.8 Å². The fourth-order valence-electron chi connectivity index (χ4n) is 2.84. The Hall–Kier alpha value is -2.82. The average molecular weight is 368 g/mol. The van der Waals surface area contributed by atoms with Gasteiger partial charge in [0.15, 0.2) is 0 Å².